The summed E-state index contributed by atoms with van der Waals surface area (Å²) in [6.45, 7) is 4.82. The molecule has 16 heavy (non-hydrogen) atoms. The van der Waals surface area contributed by atoms with Crippen molar-refractivity contribution in [3.8, 4) is 11.3 Å². The molecule has 84 valence electrons. The van der Waals surface area contributed by atoms with Crippen molar-refractivity contribution < 1.29 is 0 Å². The average molecular weight is 216 g/mol. The first-order chi connectivity index (χ1) is 7.63. The number of benzene rings is 1. The van der Waals surface area contributed by atoms with Gasteiger partial charge in [0, 0.05) is 12.1 Å². The summed E-state index contributed by atoms with van der Waals surface area (Å²) in [4.78, 5) is 0. The van der Waals surface area contributed by atoms with Crippen molar-refractivity contribution >= 4 is 11.5 Å². The Labute approximate surface area is 94.9 Å². The zero-order valence-electron chi connectivity index (χ0n) is 9.57. The topological polar surface area (TPSA) is 69.9 Å². The second-order valence-corrected chi connectivity index (χ2v) is 3.83. The van der Waals surface area contributed by atoms with Crippen LogP contribution in [-0.4, -0.2) is 9.78 Å². The number of aryl methyl sites for hydroxylation is 2. The zero-order chi connectivity index (χ0) is 11.7. The van der Waals surface area contributed by atoms with Gasteiger partial charge in [-0.25, -0.2) is 0 Å². The molecule has 0 unspecified atom stereocenters. The average Bonchev–Trinajstić information content (AvgIpc) is 2.55. The molecule has 4 nitrogen and oxygen atoms in total. The van der Waals surface area contributed by atoms with Gasteiger partial charge in [-0.05, 0) is 19.9 Å². The second kappa shape index (κ2) is 3.89. The van der Waals surface area contributed by atoms with Crippen molar-refractivity contribution in [2.24, 2.45) is 0 Å². The highest BCUT2D eigenvalue weighted by atomic mass is 15.3. The van der Waals surface area contributed by atoms with Crippen LogP contribution < -0.4 is 11.5 Å². The van der Waals surface area contributed by atoms with Gasteiger partial charge in [0.15, 0.2) is 5.82 Å². The van der Waals surface area contributed by atoms with E-state index in [-0.39, 0.29) is 0 Å². The first kappa shape index (κ1) is 10.5. The largest absolute Gasteiger partial charge is 0.394 e. The quantitative estimate of drug-likeness (QED) is 0.807. The molecule has 0 fully saturated rings. The predicted molar refractivity (Wildman–Crippen MR) is 66.9 cm³/mol. The lowest BCUT2D eigenvalue weighted by atomic mass is 10.1. The van der Waals surface area contributed by atoms with Crippen LogP contribution in [0.2, 0.25) is 0 Å². The summed E-state index contributed by atoms with van der Waals surface area (Å²) < 4.78 is 1.83. The summed E-state index contributed by atoms with van der Waals surface area (Å²) in [6.07, 6.45) is 0. The van der Waals surface area contributed by atoms with Crippen molar-refractivity contribution in [1.82, 2.24) is 9.78 Å². The molecule has 2 rings (SSSR count). The Morgan fingerprint density at radius 3 is 2.69 bits per heavy atom. The fourth-order valence-electron chi connectivity index (χ4n) is 1.82. The maximum absolute atomic E-state index is 5.95. The SMILES string of the molecule is CCn1nc(N)c(N)c1-c1cccc(C)c1. The molecule has 0 amide bonds. The Bertz CT molecular complexity index is 514. The van der Waals surface area contributed by atoms with E-state index >= 15 is 0 Å². The molecule has 2 aromatic rings. The highest BCUT2D eigenvalue weighted by Gasteiger charge is 2.13. The van der Waals surface area contributed by atoms with Gasteiger partial charge in [0.05, 0.1) is 5.69 Å². The van der Waals surface area contributed by atoms with Gasteiger partial charge in [0.25, 0.3) is 0 Å². The standard InChI is InChI=1S/C12H16N4/c1-3-16-11(10(13)12(14)15-16)9-6-4-5-8(2)7-9/h4-7H,3,13H2,1-2H3,(H2,14,15). The van der Waals surface area contributed by atoms with Gasteiger partial charge in [-0.1, -0.05) is 23.8 Å². The summed E-state index contributed by atoms with van der Waals surface area (Å²) >= 11 is 0. The Balaban J connectivity index is 2.63. The predicted octanol–water partition coefficient (Wildman–Crippen LogP) is 2.04. The molecule has 1 aromatic heterocycles. The Morgan fingerprint density at radius 1 is 1.31 bits per heavy atom. The van der Waals surface area contributed by atoms with Crippen molar-refractivity contribution in [2.45, 2.75) is 20.4 Å². The minimum atomic E-state index is 0.401. The minimum Gasteiger partial charge on any atom is -0.394 e. The Kier molecular flexibility index (Phi) is 2.56. The Hall–Kier alpha value is -1.97. The van der Waals surface area contributed by atoms with Crippen LogP contribution in [0.4, 0.5) is 11.5 Å². The first-order valence-electron chi connectivity index (χ1n) is 5.32. The van der Waals surface area contributed by atoms with Crippen LogP contribution in [0.15, 0.2) is 24.3 Å². The van der Waals surface area contributed by atoms with Crippen molar-refractivity contribution in [1.29, 1.82) is 0 Å². The van der Waals surface area contributed by atoms with E-state index in [1.807, 2.05) is 23.7 Å². The number of aromatic nitrogens is 2. The van der Waals surface area contributed by atoms with Crippen LogP contribution >= 0.6 is 0 Å². The van der Waals surface area contributed by atoms with E-state index < -0.39 is 0 Å². The number of hydrogen-bond acceptors (Lipinski definition) is 3. The third kappa shape index (κ3) is 1.62. The van der Waals surface area contributed by atoms with E-state index in [1.54, 1.807) is 0 Å². The van der Waals surface area contributed by atoms with Crippen LogP contribution in [0, 0.1) is 6.92 Å². The highest BCUT2D eigenvalue weighted by molar-refractivity contribution is 5.80. The van der Waals surface area contributed by atoms with Gasteiger partial charge < -0.3 is 11.5 Å². The number of nitrogens with zero attached hydrogens (tertiary/aromatic N) is 2. The monoisotopic (exact) mass is 216 g/mol. The molecule has 0 aliphatic carbocycles. The second-order valence-electron chi connectivity index (χ2n) is 3.83. The fraction of sp³-hybridized carbons (Fsp3) is 0.250. The molecular weight excluding hydrogens is 200 g/mol. The first-order valence-corrected chi connectivity index (χ1v) is 5.32. The number of nitrogen functional groups attached to an aromatic ring is 2. The lowest BCUT2D eigenvalue weighted by Crippen LogP contribution is -2.00. The van der Waals surface area contributed by atoms with Crippen LogP contribution in [0.5, 0.6) is 0 Å². The molecule has 0 bridgehead atoms. The summed E-state index contributed by atoms with van der Waals surface area (Å²) in [5.74, 6) is 0.401. The van der Waals surface area contributed by atoms with Crippen LogP contribution in [-0.2, 0) is 6.54 Å². The van der Waals surface area contributed by atoms with Gasteiger partial charge in [-0.15, -0.1) is 0 Å². The van der Waals surface area contributed by atoms with E-state index in [4.69, 9.17) is 11.5 Å². The van der Waals surface area contributed by atoms with E-state index in [0.29, 0.717) is 11.5 Å². The summed E-state index contributed by atoms with van der Waals surface area (Å²) in [6, 6.07) is 8.16. The van der Waals surface area contributed by atoms with Gasteiger partial charge in [0.1, 0.15) is 5.69 Å². The van der Waals surface area contributed by atoms with Crippen LogP contribution in [0.25, 0.3) is 11.3 Å². The molecule has 0 aliphatic heterocycles. The minimum absolute atomic E-state index is 0.401. The molecular formula is C12H16N4. The lowest BCUT2D eigenvalue weighted by Gasteiger charge is -2.06. The van der Waals surface area contributed by atoms with Crippen LogP contribution in [0.1, 0.15) is 12.5 Å². The van der Waals surface area contributed by atoms with Crippen molar-refractivity contribution in [2.75, 3.05) is 11.5 Å². The molecule has 0 saturated heterocycles. The maximum atomic E-state index is 5.95. The number of nitrogens with two attached hydrogens (primary N) is 2. The normalized spacial score (nSPS) is 10.6. The number of hydrogen-bond donors (Lipinski definition) is 2. The third-order valence-corrected chi connectivity index (χ3v) is 2.61. The Morgan fingerprint density at radius 2 is 2.06 bits per heavy atom. The lowest BCUT2D eigenvalue weighted by molar-refractivity contribution is 0.670. The van der Waals surface area contributed by atoms with Gasteiger partial charge >= 0.3 is 0 Å². The van der Waals surface area contributed by atoms with Crippen molar-refractivity contribution in [3.63, 3.8) is 0 Å². The van der Waals surface area contributed by atoms with Gasteiger partial charge in [-0.3, -0.25) is 4.68 Å². The zero-order valence-corrected chi connectivity index (χ0v) is 9.57. The molecule has 4 heteroatoms. The summed E-state index contributed by atoms with van der Waals surface area (Å²) in [7, 11) is 0. The van der Waals surface area contributed by atoms with Crippen molar-refractivity contribution in [3.05, 3.63) is 29.8 Å². The number of anilines is 2. The van der Waals surface area contributed by atoms with Crippen LogP contribution in [0.3, 0.4) is 0 Å². The molecule has 0 aliphatic rings. The van der Waals surface area contributed by atoms with E-state index in [2.05, 4.69) is 24.2 Å². The summed E-state index contributed by atoms with van der Waals surface area (Å²) in [5.41, 5.74) is 15.4. The summed E-state index contributed by atoms with van der Waals surface area (Å²) in [5, 5.41) is 4.20. The molecule has 0 radical (unpaired) electrons. The van der Waals surface area contributed by atoms with E-state index in [1.165, 1.54) is 5.56 Å². The van der Waals surface area contributed by atoms with Gasteiger partial charge in [0.2, 0.25) is 0 Å². The molecule has 0 saturated carbocycles. The smallest absolute Gasteiger partial charge is 0.169 e. The molecule has 0 spiro atoms. The molecule has 0 atom stereocenters. The third-order valence-electron chi connectivity index (χ3n) is 2.61. The molecule has 1 aromatic carbocycles. The molecule has 4 N–H and O–H groups in total. The maximum Gasteiger partial charge on any atom is 0.169 e. The van der Waals surface area contributed by atoms with E-state index in [9.17, 15) is 0 Å². The molecule has 1 heterocycles. The highest BCUT2D eigenvalue weighted by Crippen LogP contribution is 2.30. The fourth-order valence-corrected chi connectivity index (χ4v) is 1.82. The number of rotatable bonds is 2. The van der Waals surface area contributed by atoms with E-state index in [0.717, 1.165) is 17.8 Å². The van der Waals surface area contributed by atoms with Gasteiger partial charge in [-0.2, -0.15) is 5.10 Å².